The highest BCUT2D eigenvalue weighted by Gasteiger charge is 2.16. The zero-order chi connectivity index (χ0) is 21.2. The molecular formula is C25H34N2O2. The van der Waals surface area contributed by atoms with Gasteiger partial charge in [-0.2, -0.15) is 0 Å². The van der Waals surface area contributed by atoms with Crippen LogP contribution in [0.25, 0.3) is 11.1 Å². The number of amides is 1. The lowest BCUT2D eigenvalue weighted by Gasteiger charge is -2.21. The topological polar surface area (TPSA) is 50.7 Å². The molecule has 0 aliphatic heterocycles. The molecule has 2 rings (SSSR count). The number of hydrogen-bond donors (Lipinski definition) is 1. The van der Waals surface area contributed by atoms with Crippen molar-refractivity contribution in [1.29, 1.82) is 0 Å². The van der Waals surface area contributed by atoms with Crippen LogP contribution in [0, 0.1) is 5.92 Å². The molecule has 0 heterocycles. The van der Waals surface area contributed by atoms with E-state index < -0.39 is 0 Å². The summed E-state index contributed by atoms with van der Waals surface area (Å²) in [4.78, 5) is 15.7. The molecule has 2 atom stereocenters. The first-order valence-corrected chi connectivity index (χ1v) is 10.4. The molecule has 2 unspecified atom stereocenters. The highest BCUT2D eigenvalue weighted by atomic mass is 16.5. The lowest BCUT2D eigenvalue weighted by Crippen LogP contribution is -2.38. The smallest absolute Gasteiger partial charge is 0.407 e. The van der Waals surface area contributed by atoms with E-state index in [2.05, 4.69) is 79.6 Å². The molecule has 0 aromatic heterocycles. The highest BCUT2D eigenvalue weighted by Crippen LogP contribution is 2.24. The number of rotatable bonds is 9. The number of ether oxygens (including phenoxy) is 1. The van der Waals surface area contributed by atoms with Crippen molar-refractivity contribution in [3.05, 3.63) is 59.7 Å². The zero-order valence-electron chi connectivity index (χ0n) is 18.3. The molecule has 0 fully saturated rings. The van der Waals surface area contributed by atoms with Crippen LogP contribution in [-0.2, 0) is 11.2 Å². The number of methoxy groups -OCH3 is 1. The van der Waals surface area contributed by atoms with Crippen molar-refractivity contribution in [2.75, 3.05) is 14.2 Å². The third kappa shape index (κ3) is 6.74. The van der Waals surface area contributed by atoms with Crippen LogP contribution in [0.4, 0.5) is 4.79 Å². The molecule has 0 saturated heterocycles. The Morgan fingerprint density at radius 2 is 1.66 bits per heavy atom. The Morgan fingerprint density at radius 1 is 1.07 bits per heavy atom. The minimum absolute atomic E-state index is 0.104. The van der Waals surface area contributed by atoms with Crippen LogP contribution >= 0.6 is 0 Å². The van der Waals surface area contributed by atoms with E-state index in [4.69, 9.17) is 4.74 Å². The van der Waals surface area contributed by atoms with Crippen molar-refractivity contribution in [2.45, 2.75) is 52.0 Å². The summed E-state index contributed by atoms with van der Waals surface area (Å²) in [6.07, 6.45) is 4.51. The van der Waals surface area contributed by atoms with Crippen LogP contribution in [0.3, 0.4) is 0 Å². The molecule has 1 N–H and O–H groups in total. The number of alkyl carbamates (subject to hydrolysis) is 1. The summed E-state index contributed by atoms with van der Waals surface area (Å²) in [7, 11) is 3.23. The summed E-state index contributed by atoms with van der Waals surface area (Å²) < 4.78 is 4.73. The van der Waals surface area contributed by atoms with Crippen LogP contribution in [-0.4, -0.2) is 32.5 Å². The minimum atomic E-state index is -0.363. The molecule has 0 aliphatic rings. The molecule has 0 bridgehead atoms. The normalized spacial score (nSPS) is 13.4. The van der Waals surface area contributed by atoms with Crippen molar-refractivity contribution < 1.29 is 9.53 Å². The van der Waals surface area contributed by atoms with Crippen molar-refractivity contribution in [1.82, 2.24) is 5.32 Å². The van der Waals surface area contributed by atoms with E-state index in [9.17, 15) is 4.79 Å². The second-order valence-electron chi connectivity index (χ2n) is 7.77. The number of hydrogen-bond acceptors (Lipinski definition) is 3. The van der Waals surface area contributed by atoms with Crippen molar-refractivity contribution in [3.8, 4) is 11.1 Å². The summed E-state index contributed by atoms with van der Waals surface area (Å²) in [5.74, 6) is 0.737. The molecular weight excluding hydrogens is 360 g/mol. The standard InChI is InChI=1S/C25H34N2O2/c1-6-20(17-26-4)21-12-14-23(15-13-21)22-10-7-19(8-11-22)9-16-24(18(2)3)27-25(28)29-5/h7-8,10-15,17-18,20,24H,6,9,16H2,1-5H3,(H,27,28). The Bertz CT molecular complexity index is 779. The SMILES string of the molecule is CCC(C=NC)c1ccc(-c2ccc(CCC(NC(=O)OC)C(C)C)cc2)cc1. The van der Waals surface area contributed by atoms with Crippen LogP contribution in [0.2, 0.25) is 0 Å². The Hall–Kier alpha value is -2.62. The maximum Gasteiger partial charge on any atom is 0.407 e. The first-order valence-electron chi connectivity index (χ1n) is 10.4. The molecule has 4 nitrogen and oxygen atoms in total. The van der Waals surface area contributed by atoms with E-state index in [0.717, 1.165) is 19.3 Å². The van der Waals surface area contributed by atoms with E-state index in [1.54, 1.807) is 0 Å². The van der Waals surface area contributed by atoms with Crippen LogP contribution in [0.15, 0.2) is 53.5 Å². The zero-order valence-corrected chi connectivity index (χ0v) is 18.3. The van der Waals surface area contributed by atoms with Crippen LogP contribution < -0.4 is 5.32 Å². The van der Waals surface area contributed by atoms with E-state index in [1.165, 1.54) is 29.4 Å². The van der Waals surface area contributed by atoms with E-state index in [0.29, 0.717) is 11.8 Å². The fourth-order valence-corrected chi connectivity index (χ4v) is 3.50. The van der Waals surface area contributed by atoms with Gasteiger partial charge in [0.15, 0.2) is 0 Å². The van der Waals surface area contributed by atoms with Gasteiger partial charge in [-0.3, -0.25) is 0 Å². The van der Waals surface area contributed by atoms with Gasteiger partial charge in [0, 0.05) is 25.2 Å². The average molecular weight is 395 g/mol. The maximum atomic E-state index is 11.5. The first-order chi connectivity index (χ1) is 14.0. The number of aliphatic imine (C=N–C) groups is 1. The lowest BCUT2D eigenvalue weighted by molar-refractivity contribution is 0.162. The highest BCUT2D eigenvalue weighted by molar-refractivity contribution is 5.70. The Kier molecular flexibility index (Phi) is 8.91. The number of carbonyl (C=O) groups excluding carboxylic acids is 1. The molecule has 2 aromatic rings. The Labute approximate surface area is 175 Å². The third-order valence-electron chi connectivity index (χ3n) is 5.43. The van der Waals surface area contributed by atoms with Gasteiger partial charge in [0.25, 0.3) is 0 Å². The predicted octanol–water partition coefficient (Wildman–Crippen LogP) is 5.86. The molecule has 0 radical (unpaired) electrons. The number of aryl methyl sites for hydroxylation is 1. The van der Waals surface area contributed by atoms with Gasteiger partial charge in [-0.25, -0.2) is 4.79 Å². The Morgan fingerprint density at radius 3 is 2.14 bits per heavy atom. The molecule has 29 heavy (non-hydrogen) atoms. The van der Waals surface area contributed by atoms with Crippen molar-refractivity contribution in [3.63, 3.8) is 0 Å². The number of nitrogens with zero attached hydrogens (tertiary/aromatic N) is 1. The van der Waals surface area contributed by atoms with Gasteiger partial charge >= 0.3 is 6.09 Å². The van der Waals surface area contributed by atoms with Gasteiger partial charge in [0.2, 0.25) is 0 Å². The molecule has 2 aromatic carbocycles. The predicted molar refractivity (Wildman–Crippen MR) is 122 cm³/mol. The maximum absolute atomic E-state index is 11.5. The van der Waals surface area contributed by atoms with Crippen molar-refractivity contribution in [2.24, 2.45) is 10.9 Å². The molecule has 0 spiro atoms. The van der Waals surface area contributed by atoms with E-state index in [-0.39, 0.29) is 12.1 Å². The lowest BCUT2D eigenvalue weighted by atomic mass is 9.94. The van der Waals surface area contributed by atoms with Gasteiger partial charge in [-0.15, -0.1) is 0 Å². The van der Waals surface area contributed by atoms with Crippen LogP contribution in [0.1, 0.15) is 50.7 Å². The summed E-state index contributed by atoms with van der Waals surface area (Å²) in [5, 5.41) is 2.93. The molecule has 1 amide bonds. The van der Waals surface area contributed by atoms with Gasteiger partial charge in [-0.1, -0.05) is 69.3 Å². The third-order valence-corrected chi connectivity index (χ3v) is 5.43. The van der Waals surface area contributed by atoms with Crippen LogP contribution in [0.5, 0.6) is 0 Å². The minimum Gasteiger partial charge on any atom is -0.453 e. The summed E-state index contributed by atoms with van der Waals surface area (Å²) in [6.45, 7) is 6.41. The number of carbonyl (C=O) groups is 1. The van der Waals surface area contributed by atoms with Gasteiger partial charge in [0.05, 0.1) is 7.11 Å². The van der Waals surface area contributed by atoms with Crippen molar-refractivity contribution >= 4 is 12.3 Å². The molecule has 0 saturated carbocycles. The molecule has 4 heteroatoms. The number of benzene rings is 2. The second kappa shape index (κ2) is 11.4. The molecule has 0 aliphatic carbocycles. The van der Waals surface area contributed by atoms with E-state index >= 15 is 0 Å². The summed E-state index contributed by atoms with van der Waals surface area (Å²) in [5.41, 5.74) is 5.01. The molecule has 156 valence electrons. The van der Waals surface area contributed by atoms with E-state index in [1.807, 2.05) is 13.3 Å². The first kappa shape index (κ1) is 22.7. The largest absolute Gasteiger partial charge is 0.453 e. The second-order valence-corrected chi connectivity index (χ2v) is 7.77. The van der Waals surface area contributed by atoms with Gasteiger partial charge < -0.3 is 15.0 Å². The fraction of sp³-hybridized carbons (Fsp3) is 0.440. The fourth-order valence-electron chi connectivity index (χ4n) is 3.50. The quantitative estimate of drug-likeness (QED) is 0.542. The Balaban J connectivity index is 2.01. The summed E-state index contributed by atoms with van der Waals surface area (Å²) >= 11 is 0. The van der Waals surface area contributed by atoms with Gasteiger partial charge in [0.1, 0.15) is 0 Å². The average Bonchev–Trinajstić information content (AvgIpc) is 2.75. The monoisotopic (exact) mass is 394 g/mol. The summed E-state index contributed by atoms with van der Waals surface area (Å²) in [6, 6.07) is 17.6. The number of nitrogens with one attached hydrogen (secondary N) is 1. The van der Waals surface area contributed by atoms with Gasteiger partial charge in [-0.05, 0) is 47.4 Å².